The molecule has 6 aliphatic heterocycles. The predicted octanol–water partition coefficient (Wildman–Crippen LogP) is 6.70. The first-order valence-electron chi connectivity index (χ1n) is 23.5. The third-order valence-electron chi connectivity index (χ3n) is 16.1. The average Bonchev–Trinajstić information content (AvgIpc) is 3.93. The van der Waals surface area contributed by atoms with E-state index in [-0.39, 0.29) is 41.7 Å². The van der Waals surface area contributed by atoms with Crippen LogP contribution < -0.4 is 10.2 Å². The van der Waals surface area contributed by atoms with E-state index in [1.54, 1.807) is 12.1 Å². The maximum Gasteiger partial charge on any atom is 0.262 e. The monoisotopic (exact) mass is 907 g/mol. The summed E-state index contributed by atoms with van der Waals surface area (Å²) in [6.07, 6.45) is 3.01. The molecule has 0 bridgehead atoms. The van der Waals surface area contributed by atoms with Gasteiger partial charge in [0.05, 0.1) is 23.7 Å². The maximum atomic E-state index is 16.3. The van der Waals surface area contributed by atoms with E-state index in [9.17, 15) is 32.8 Å². The number of nitrogens with one attached hydrogen (secondary N) is 2. The second-order valence-electron chi connectivity index (χ2n) is 20.1. The minimum atomic E-state index is -2.67. The standard InChI is InChI=1S/C50H53F4N7O5/c1-27-16-34-33-4-2-3-5-39(33)55-44(34)45(60(27)26-41(53)54)43-37(51)19-32(20-38(43)52)58-14-10-50(11-15-58)21-31(22-50)47(64)59-12-8-28(9-13-59)23-57-24-29-17-35-36(18-30(29)25-57)49(66)61(48(35)65)40-6-7-42(62)56-46(40)63/h2-5,17-20,27-28,31,40-41,45,55H,6-16,21-26H2,1H3,(H,56,62,63)/t27-,40?,45-/m1/s1. The minimum absolute atomic E-state index is 0.0234. The van der Waals surface area contributed by atoms with Gasteiger partial charge in [-0.25, -0.2) is 17.6 Å². The molecule has 2 N–H and O–H groups in total. The average molecular weight is 908 g/mol. The van der Waals surface area contributed by atoms with Crippen LogP contribution in [0.5, 0.6) is 0 Å². The van der Waals surface area contributed by atoms with Gasteiger partial charge in [0.2, 0.25) is 17.7 Å². The van der Waals surface area contributed by atoms with Crippen molar-refractivity contribution in [2.75, 3.05) is 44.2 Å². The molecule has 346 valence electrons. The van der Waals surface area contributed by atoms with Crippen LogP contribution in [-0.4, -0.2) is 112 Å². The molecule has 4 aromatic rings. The van der Waals surface area contributed by atoms with Gasteiger partial charge in [-0.15, -0.1) is 0 Å². The van der Waals surface area contributed by atoms with Gasteiger partial charge in [0, 0.05) is 92.0 Å². The lowest BCUT2D eigenvalue weighted by molar-refractivity contribution is -0.146. The van der Waals surface area contributed by atoms with Crippen LogP contribution in [0, 0.1) is 28.9 Å². The zero-order valence-corrected chi connectivity index (χ0v) is 36.9. The Morgan fingerprint density at radius 2 is 1.52 bits per heavy atom. The van der Waals surface area contributed by atoms with E-state index in [1.165, 1.54) is 17.0 Å². The molecule has 1 unspecified atom stereocenters. The van der Waals surface area contributed by atoms with Crippen LogP contribution in [0.1, 0.15) is 113 Å². The third-order valence-corrected chi connectivity index (χ3v) is 16.1. The highest BCUT2D eigenvalue weighted by atomic mass is 19.3. The fourth-order valence-corrected chi connectivity index (χ4v) is 12.6. The molecule has 1 aliphatic carbocycles. The van der Waals surface area contributed by atoms with Crippen molar-refractivity contribution in [3.8, 4) is 0 Å². The number of hydrogen-bond donors (Lipinski definition) is 2. The van der Waals surface area contributed by atoms with E-state index in [4.69, 9.17) is 0 Å². The molecule has 3 saturated heterocycles. The van der Waals surface area contributed by atoms with Crippen molar-refractivity contribution in [1.82, 2.24) is 29.9 Å². The Kier molecular flexibility index (Phi) is 10.6. The lowest BCUT2D eigenvalue weighted by Crippen LogP contribution is -2.54. The summed E-state index contributed by atoms with van der Waals surface area (Å²) < 4.78 is 60.6. The molecule has 3 aromatic carbocycles. The maximum absolute atomic E-state index is 16.3. The number of piperidine rings is 3. The molecule has 11 rings (SSSR count). The van der Waals surface area contributed by atoms with Gasteiger partial charge in [-0.1, -0.05) is 18.2 Å². The van der Waals surface area contributed by atoms with Gasteiger partial charge in [0.25, 0.3) is 18.2 Å². The van der Waals surface area contributed by atoms with E-state index < -0.39 is 60.3 Å². The Balaban J connectivity index is 0.669. The lowest BCUT2D eigenvalue weighted by atomic mass is 9.57. The number of rotatable bonds is 8. The normalized spacial score (nSPS) is 24.9. The fraction of sp³-hybridized carbons (Fsp3) is 0.500. The summed E-state index contributed by atoms with van der Waals surface area (Å²) in [6.45, 7) is 5.96. The van der Waals surface area contributed by atoms with Gasteiger partial charge in [0.15, 0.2) is 0 Å². The van der Waals surface area contributed by atoms with E-state index in [1.807, 2.05) is 41.0 Å². The van der Waals surface area contributed by atoms with Crippen LogP contribution in [0.3, 0.4) is 0 Å². The first-order chi connectivity index (χ1) is 31.7. The summed E-state index contributed by atoms with van der Waals surface area (Å²) in [5, 5.41) is 3.17. The zero-order chi connectivity index (χ0) is 45.8. The van der Waals surface area contributed by atoms with Gasteiger partial charge in [-0.2, -0.15) is 0 Å². The van der Waals surface area contributed by atoms with E-state index >= 15 is 8.78 Å². The van der Waals surface area contributed by atoms with Crippen molar-refractivity contribution in [3.63, 3.8) is 0 Å². The Morgan fingerprint density at radius 1 is 0.864 bits per heavy atom. The molecule has 0 radical (unpaired) electrons. The Bertz CT molecular complexity index is 2610. The van der Waals surface area contributed by atoms with E-state index in [0.29, 0.717) is 74.1 Å². The summed E-state index contributed by atoms with van der Waals surface area (Å²) in [5.74, 6) is -2.96. The highest BCUT2D eigenvalue weighted by Crippen LogP contribution is 2.54. The Hall–Kier alpha value is -5.61. The number of carbonyl (C=O) groups is 5. The van der Waals surface area contributed by atoms with Crippen LogP contribution in [-0.2, 0) is 33.9 Å². The van der Waals surface area contributed by atoms with Crippen molar-refractivity contribution < 1.29 is 41.5 Å². The molecule has 5 amide bonds. The molecular weight excluding hydrogens is 855 g/mol. The van der Waals surface area contributed by atoms with Gasteiger partial charge in [-0.3, -0.25) is 44.0 Å². The number of imide groups is 2. The number of H-pyrrole nitrogens is 1. The molecule has 3 atom stereocenters. The fourth-order valence-electron chi connectivity index (χ4n) is 12.6. The molecular formula is C50H53F4N7O5. The van der Waals surface area contributed by atoms with E-state index in [2.05, 4.69) is 15.2 Å². The highest BCUT2D eigenvalue weighted by molar-refractivity contribution is 6.23. The predicted molar refractivity (Wildman–Crippen MR) is 236 cm³/mol. The SMILES string of the molecule is C[C@@H]1Cc2c([nH]c3ccccc23)[C@@H](c2c(F)cc(N3CCC4(CC3)CC(C(=O)N3CCC(CN5Cc6cc7c(cc6C5)C(=O)N(C5CCC(=O)NC5=O)C7=O)CC3)C4)cc2F)N1CC(F)F. The highest BCUT2D eigenvalue weighted by Gasteiger charge is 2.50. The van der Waals surface area contributed by atoms with Gasteiger partial charge in [-0.05, 0) is 117 Å². The summed E-state index contributed by atoms with van der Waals surface area (Å²) in [7, 11) is 0. The number of likely N-dealkylation sites (tertiary alicyclic amines) is 1. The number of hydrogen-bond acceptors (Lipinski definition) is 8. The van der Waals surface area contributed by atoms with Crippen LogP contribution in [0.25, 0.3) is 10.9 Å². The molecule has 16 heteroatoms. The van der Waals surface area contributed by atoms with Crippen molar-refractivity contribution in [2.45, 2.75) is 102 Å². The number of aromatic nitrogens is 1. The van der Waals surface area contributed by atoms with Gasteiger partial charge in [0.1, 0.15) is 17.7 Å². The smallest absolute Gasteiger partial charge is 0.262 e. The number of para-hydroxylation sites is 1. The van der Waals surface area contributed by atoms with Crippen LogP contribution in [0.4, 0.5) is 23.2 Å². The zero-order valence-electron chi connectivity index (χ0n) is 36.9. The molecule has 66 heavy (non-hydrogen) atoms. The first-order valence-corrected chi connectivity index (χ1v) is 23.5. The molecule has 12 nitrogen and oxygen atoms in total. The second kappa shape index (κ2) is 16.3. The minimum Gasteiger partial charge on any atom is -0.371 e. The molecule has 7 aliphatic rings. The first kappa shape index (κ1) is 43.0. The van der Waals surface area contributed by atoms with Crippen molar-refractivity contribution in [2.24, 2.45) is 17.3 Å². The second-order valence-corrected chi connectivity index (χ2v) is 20.1. The molecule has 1 spiro atoms. The van der Waals surface area contributed by atoms with Crippen LogP contribution >= 0.6 is 0 Å². The Labute approximate surface area is 379 Å². The summed E-state index contributed by atoms with van der Waals surface area (Å²) >= 11 is 0. The number of anilines is 1. The lowest BCUT2D eigenvalue weighted by Gasteiger charge is -2.53. The number of benzene rings is 3. The number of carbonyl (C=O) groups excluding carboxylic acids is 5. The molecule has 1 saturated carbocycles. The number of amides is 5. The van der Waals surface area contributed by atoms with Crippen LogP contribution in [0.2, 0.25) is 0 Å². The summed E-state index contributed by atoms with van der Waals surface area (Å²) in [4.78, 5) is 76.8. The van der Waals surface area contributed by atoms with E-state index in [0.717, 1.165) is 77.6 Å². The molecule has 7 heterocycles. The van der Waals surface area contributed by atoms with Crippen molar-refractivity contribution in [3.05, 3.63) is 99.2 Å². The summed E-state index contributed by atoms with van der Waals surface area (Å²) in [6, 6.07) is 11.5. The Morgan fingerprint density at radius 3 is 2.15 bits per heavy atom. The van der Waals surface area contributed by atoms with Crippen molar-refractivity contribution in [1.29, 1.82) is 0 Å². The molecule has 1 aromatic heterocycles. The van der Waals surface area contributed by atoms with Gasteiger partial charge >= 0.3 is 0 Å². The number of alkyl halides is 2. The number of fused-ring (bicyclic) bond motifs is 5. The summed E-state index contributed by atoms with van der Waals surface area (Å²) in [5.41, 5.74) is 5.09. The third kappa shape index (κ3) is 7.29. The van der Waals surface area contributed by atoms with Crippen LogP contribution in [0.15, 0.2) is 48.5 Å². The quantitative estimate of drug-likeness (QED) is 0.148. The molecule has 4 fully saturated rings. The largest absolute Gasteiger partial charge is 0.371 e. The van der Waals surface area contributed by atoms with Gasteiger partial charge < -0.3 is 14.8 Å². The number of aromatic amines is 1. The van der Waals surface area contributed by atoms with Crippen molar-refractivity contribution >= 4 is 46.1 Å². The number of halogens is 4. The topological polar surface area (TPSA) is 129 Å². The number of nitrogens with zero attached hydrogens (tertiary/aromatic N) is 5.